The van der Waals surface area contributed by atoms with Gasteiger partial charge in [0.2, 0.25) is 11.7 Å². The largest absolute Gasteiger partial charge is 0.504 e. The Balaban J connectivity index is 1.44. The molecule has 7 nitrogen and oxygen atoms in total. The first kappa shape index (κ1) is 24.7. The van der Waals surface area contributed by atoms with Gasteiger partial charge in [-0.3, -0.25) is 4.79 Å². The molecule has 1 aliphatic rings. The predicted octanol–water partition coefficient (Wildman–Crippen LogP) is 4.09. The number of ether oxygens (including phenoxy) is 3. The van der Waals surface area contributed by atoms with E-state index >= 15 is 0 Å². The number of nitrogens with one attached hydrogen (secondary N) is 1. The number of aromatic hydroxyl groups is 1. The first-order valence-corrected chi connectivity index (χ1v) is 11.8. The van der Waals surface area contributed by atoms with Gasteiger partial charge >= 0.3 is 0 Å². The van der Waals surface area contributed by atoms with E-state index in [4.69, 9.17) is 14.2 Å². The minimum absolute atomic E-state index is 0.127. The van der Waals surface area contributed by atoms with E-state index in [-0.39, 0.29) is 11.7 Å². The maximum absolute atomic E-state index is 12.4. The minimum Gasteiger partial charge on any atom is -0.504 e. The lowest BCUT2D eigenvalue weighted by Gasteiger charge is -2.30. The molecule has 1 heterocycles. The van der Waals surface area contributed by atoms with Crippen molar-refractivity contribution in [2.45, 2.75) is 45.4 Å². The summed E-state index contributed by atoms with van der Waals surface area (Å²) in [6.07, 6.45) is 4.89. The Morgan fingerprint density at radius 3 is 2.64 bits per heavy atom. The van der Waals surface area contributed by atoms with E-state index in [0.717, 1.165) is 67.9 Å². The Hall–Kier alpha value is -2.93. The number of phenols is 1. The van der Waals surface area contributed by atoms with Crippen LogP contribution < -0.4 is 24.4 Å². The van der Waals surface area contributed by atoms with Crippen molar-refractivity contribution in [3.05, 3.63) is 41.5 Å². The molecule has 0 radical (unpaired) electrons. The molecule has 0 aliphatic carbocycles. The molecule has 0 saturated carbocycles. The summed E-state index contributed by atoms with van der Waals surface area (Å²) >= 11 is 0. The van der Waals surface area contributed by atoms with Gasteiger partial charge < -0.3 is 29.5 Å². The van der Waals surface area contributed by atoms with Gasteiger partial charge in [0.05, 0.1) is 26.5 Å². The van der Waals surface area contributed by atoms with Crippen molar-refractivity contribution in [2.75, 3.05) is 45.4 Å². The molecule has 0 aromatic heterocycles. The lowest BCUT2D eigenvalue weighted by atomic mass is 9.99. The molecule has 2 aromatic rings. The molecule has 0 saturated heterocycles. The number of fused-ring (bicyclic) bond motifs is 1. The fourth-order valence-electron chi connectivity index (χ4n) is 4.14. The van der Waals surface area contributed by atoms with Crippen LogP contribution in [-0.2, 0) is 17.6 Å². The van der Waals surface area contributed by atoms with Crippen molar-refractivity contribution in [1.82, 2.24) is 5.32 Å². The minimum atomic E-state index is 0.127. The molecule has 0 fully saturated rings. The van der Waals surface area contributed by atoms with Crippen molar-refractivity contribution >= 4 is 11.6 Å². The maximum atomic E-state index is 12.4. The first-order valence-electron chi connectivity index (χ1n) is 11.8. The molecule has 0 atom stereocenters. The van der Waals surface area contributed by atoms with E-state index in [0.29, 0.717) is 30.9 Å². The Morgan fingerprint density at radius 1 is 1.03 bits per heavy atom. The fourth-order valence-corrected chi connectivity index (χ4v) is 4.14. The molecule has 2 aromatic carbocycles. The van der Waals surface area contributed by atoms with Crippen LogP contribution in [0.15, 0.2) is 30.3 Å². The van der Waals surface area contributed by atoms with Crippen LogP contribution in [0.1, 0.15) is 43.7 Å². The smallest absolute Gasteiger partial charge is 0.227 e. The van der Waals surface area contributed by atoms with Gasteiger partial charge in [0.25, 0.3) is 0 Å². The van der Waals surface area contributed by atoms with Crippen molar-refractivity contribution in [1.29, 1.82) is 0 Å². The third-order valence-electron chi connectivity index (χ3n) is 5.95. The number of carbonyl (C=O) groups is 1. The van der Waals surface area contributed by atoms with E-state index in [2.05, 4.69) is 12.2 Å². The molecule has 0 spiro atoms. The fraction of sp³-hybridized carbons (Fsp3) is 0.500. The number of amides is 1. The number of nitrogens with zero attached hydrogens (tertiary/aromatic N) is 1. The zero-order valence-electron chi connectivity index (χ0n) is 20.0. The van der Waals surface area contributed by atoms with E-state index in [1.165, 1.54) is 7.11 Å². The highest BCUT2D eigenvalue weighted by molar-refractivity contribution is 5.96. The summed E-state index contributed by atoms with van der Waals surface area (Å²) in [4.78, 5) is 14.3. The number of methoxy groups -OCH3 is 2. The molecular formula is C26H36N2O5. The third-order valence-corrected chi connectivity index (χ3v) is 5.95. The molecule has 1 aliphatic heterocycles. The average molecular weight is 457 g/mol. The maximum Gasteiger partial charge on any atom is 0.227 e. The third kappa shape index (κ3) is 6.11. The number of carbonyl (C=O) groups excluding carboxylic acids is 1. The molecule has 180 valence electrons. The van der Waals surface area contributed by atoms with Gasteiger partial charge in [-0.25, -0.2) is 0 Å². The van der Waals surface area contributed by atoms with Gasteiger partial charge in [0, 0.05) is 18.5 Å². The molecule has 7 heteroatoms. The second-order valence-electron chi connectivity index (χ2n) is 8.16. The topological polar surface area (TPSA) is 80.3 Å². The lowest BCUT2D eigenvalue weighted by molar-refractivity contribution is -0.118. The van der Waals surface area contributed by atoms with Crippen LogP contribution in [0.4, 0.5) is 5.69 Å². The monoisotopic (exact) mass is 456 g/mol. The van der Waals surface area contributed by atoms with Crippen LogP contribution in [0, 0.1) is 0 Å². The summed E-state index contributed by atoms with van der Waals surface area (Å²) in [5, 5.41) is 13.8. The normalized spacial score (nSPS) is 13.1. The molecule has 2 N–H and O–H groups in total. The van der Waals surface area contributed by atoms with Crippen molar-refractivity contribution in [2.24, 2.45) is 0 Å². The zero-order valence-corrected chi connectivity index (χ0v) is 20.0. The number of benzene rings is 2. The van der Waals surface area contributed by atoms with Gasteiger partial charge in [0.15, 0.2) is 11.5 Å². The van der Waals surface area contributed by atoms with Crippen molar-refractivity contribution < 1.29 is 24.1 Å². The number of rotatable bonds is 13. The van der Waals surface area contributed by atoms with Crippen molar-refractivity contribution in [3.8, 4) is 23.0 Å². The zero-order chi connectivity index (χ0) is 23.6. The highest BCUT2D eigenvalue weighted by Crippen LogP contribution is 2.39. The Bertz CT molecular complexity index is 931. The standard InChI is InChI=1S/C26H36N2O5/c1-4-5-17-28-21-8-6-9-22(20(21)11-13-24(28)29)33-18-7-15-27-16-14-19-10-12-23(31-2)26(32-3)25(19)30/h6,8-10,12,27,30H,4-5,7,11,13-18H2,1-3H3. The Labute approximate surface area is 196 Å². The number of unbranched alkanes of at least 4 members (excludes halogenated alkanes) is 1. The first-order chi connectivity index (χ1) is 16.1. The second kappa shape index (κ2) is 12.3. The van der Waals surface area contributed by atoms with E-state index in [1.807, 2.05) is 29.2 Å². The van der Waals surface area contributed by atoms with Gasteiger partial charge in [-0.15, -0.1) is 0 Å². The van der Waals surface area contributed by atoms with E-state index in [1.54, 1.807) is 13.2 Å². The quantitative estimate of drug-likeness (QED) is 0.442. The van der Waals surface area contributed by atoms with Gasteiger partial charge in [-0.05, 0) is 62.5 Å². The van der Waals surface area contributed by atoms with Crippen molar-refractivity contribution in [3.63, 3.8) is 0 Å². The van der Waals surface area contributed by atoms with Crippen LogP contribution in [0.5, 0.6) is 23.0 Å². The number of phenolic OH excluding ortho intramolecular Hbond substituents is 1. The summed E-state index contributed by atoms with van der Waals surface area (Å²) < 4.78 is 16.5. The number of hydrogen-bond donors (Lipinski definition) is 2. The van der Waals surface area contributed by atoms with Gasteiger partial charge in [-0.1, -0.05) is 25.5 Å². The molecule has 3 rings (SSSR count). The summed E-state index contributed by atoms with van der Waals surface area (Å²) in [7, 11) is 3.07. The summed E-state index contributed by atoms with van der Waals surface area (Å²) in [6.45, 7) is 5.06. The molecule has 1 amide bonds. The van der Waals surface area contributed by atoms with Crippen LogP contribution in [0.25, 0.3) is 0 Å². The Morgan fingerprint density at radius 2 is 1.88 bits per heavy atom. The molecular weight excluding hydrogens is 420 g/mol. The van der Waals surface area contributed by atoms with E-state index < -0.39 is 0 Å². The van der Waals surface area contributed by atoms with Crippen LogP contribution in [-0.4, -0.2) is 51.5 Å². The average Bonchev–Trinajstić information content (AvgIpc) is 2.83. The van der Waals surface area contributed by atoms with E-state index in [9.17, 15) is 9.90 Å². The second-order valence-corrected chi connectivity index (χ2v) is 8.16. The lowest BCUT2D eigenvalue weighted by Crippen LogP contribution is -2.36. The highest BCUT2D eigenvalue weighted by atomic mass is 16.5. The van der Waals surface area contributed by atoms with Gasteiger partial charge in [0.1, 0.15) is 5.75 Å². The highest BCUT2D eigenvalue weighted by Gasteiger charge is 2.25. The molecule has 0 bridgehead atoms. The molecule has 33 heavy (non-hydrogen) atoms. The summed E-state index contributed by atoms with van der Waals surface area (Å²) in [5.74, 6) is 2.10. The van der Waals surface area contributed by atoms with Crippen LogP contribution in [0.2, 0.25) is 0 Å². The van der Waals surface area contributed by atoms with Crippen LogP contribution in [0.3, 0.4) is 0 Å². The summed E-state index contributed by atoms with van der Waals surface area (Å²) in [5.41, 5.74) is 2.96. The predicted molar refractivity (Wildman–Crippen MR) is 130 cm³/mol. The van der Waals surface area contributed by atoms with Gasteiger partial charge in [-0.2, -0.15) is 0 Å². The number of anilines is 1. The number of hydrogen-bond acceptors (Lipinski definition) is 6. The Kier molecular flexibility index (Phi) is 9.24. The SMILES string of the molecule is CCCCN1C(=O)CCc2c(OCCCNCCc3ccc(OC)c(OC)c3O)cccc21. The molecule has 0 unspecified atom stereocenters. The van der Waals surface area contributed by atoms with Crippen LogP contribution >= 0.6 is 0 Å². The summed E-state index contributed by atoms with van der Waals surface area (Å²) in [6, 6.07) is 9.66.